The number of nitrogens with one attached hydrogen (secondary N) is 2. The van der Waals surface area contributed by atoms with Gasteiger partial charge in [0.2, 0.25) is 0 Å². The molecule has 1 aliphatic rings. The number of esters is 1. The van der Waals surface area contributed by atoms with Crippen LogP contribution in [0.15, 0.2) is 24.3 Å². The molecule has 0 spiro atoms. The summed E-state index contributed by atoms with van der Waals surface area (Å²) in [6.07, 6.45) is 2.53. The van der Waals surface area contributed by atoms with E-state index in [1.54, 1.807) is 24.3 Å². The van der Waals surface area contributed by atoms with E-state index in [0.717, 1.165) is 18.5 Å². The third-order valence-electron chi connectivity index (χ3n) is 4.79. The molecule has 2 N–H and O–H groups in total. The number of methoxy groups -OCH3 is 1. The van der Waals surface area contributed by atoms with E-state index in [9.17, 15) is 14.4 Å². The fourth-order valence-corrected chi connectivity index (χ4v) is 3.34. The Labute approximate surface area is 169 Å². The van der Waals surface area contributed by atoms with Crippen LogP contribution in [0.3, 0.4) is 0 Å². The number of hydrogen-bond acceptors (Lipinski definition) is 5. The van der Waals surface area contributed by atoms with E-state index < -0.39 is 11.9 Å². The van der Waals surface area contributed by atoms with Crippen molar-refractivity contribution >= 4 is 23.5 Å². The molecule has 29 heavy (non-hydrogen) atoms. The molecule has 2 heterocycles. The van der Waals surface area contributed by atoms with Gasteiger partial charge < -0.3 is 19.9 Å². The first kappa shape index (κ1) is 20.6. The van der Waals surface area contributed by atoms with Crippen LogP contribution in [0.1, 0.15) is 63.8 Å². The number of amides is 2. The molecular formula is C21H26N4O4. The van der Waals surface area contributed by atoms with Crippen molar-refractivity contribution < 1.29 is 19.1 Å². The molecule has 0 radical (unpaired) electrons. The van der Waals surface area contributed by atoms with Crippen LogP contribution in [0.5, 0.6) is 0 Å². The van der Waals surface area contributed by atoms with Crippen LogP contribution in [0.25, 0.3) is 0 Å². The molecule has 1 aliphatic heterocycles. The summed E-state index contributed by atoms with van der Waals surface area (Å²) in [7, 11) is 1.29. The van der Waals surface area contributed by atoms with E-state index in [-0.39, 0.29) is 23.0 Å². The van der Waals surface area contributed by atoms with Gasteiger partial charge in [0.25, 0.3) is 11.8 Å². The van der Waals surface area contributed by atoms with Crippen LogP contribution in [0, 0.1) is 5.92 Å². The van der Waals surface area contributed by atoms with Crippen molar-refractivity contribution in [1.29, 1.82) is 0 Å². The number of carbonyl (C=O) groups excluding carboxylic acids is 3. The Bertz CT molecular complexity index is 933. The smallest absolute Gasteiger partial charge is 0.339 e. The van der Waals surface area contributed by atoms with Gasteiger partial charge in [-0.05, 0) is 37.3 Å². The average Bonchev–Trinajstić information content (AvgIpc) is 3.12. The van der Waals surface area contributed by atoms with Gasteiger partial charge in [-0.3, -0.25) is 9.59 Å². The monoisotopic (exact) mass is 398 g/mol. The number of imidazole rings is 1. The molecule has 0 saturated heterocycles. The standard InChI is InChI=1S/C21H26N4O4/c1-13(2)12-22-20(27)18-24-17(16-10-6-7-11-25(16)18)19(26)23-15-9-5-4-8-14(15)21(28)29-3/h4-5,8-9,13H,6-7,10-12H2,1-3H3,(H,22,27)(H,23,26). The lowest BCUT2D eigenvalue weighted by Crippen LogP contribution is -2.30. The number of anilines is 1. The molecule has 1 aromatic carbocycles. The number of para-hydroxylation sites is 1. The maximum atomic E-state index is 13.0. The van der Waals surface area contributed by atoms with Crippen LogP contribution in [0.2, 0.25) is 0 Å². The largest absolute Gasteiger partial charge is 0.465 e. The molecule has 0 saturated carbocycles. The molecule has 0 atom stereocenters. The van der Waals surface area contributed by atoms with Gasteiger partial charge in [-0.2, -0.15) is 0 Å². The summed E-state index contributed by atoms with van der Waals surface area (Å²) in [5.41, 5.74) is 1.57. The molecule has 0 bridgehead atoms. The van der Waals surface area contributed by atoms with Crippen molar-refractivity contribution in [1.82, 2.24) is 14.9 Å². The second kappa shape index (κ2) is 8.89. The van der Waals surface area contributed by atoms with Crippen LogP contribution in [-0.2, 0) is 17.7 Å². The molecule has 8 nitrogen and oxygen atoms in total. The van der Waals surface area contributed by atoms with E-state index in [0.29, 0.717) is 31.1 Å². The van der Waals surface area contributed by atoms with Crippen molar-refractivity contribution in [2.24, 2.45) is 5.92 Å². The fraction of sp³-hybridized carbons (Fsp3) is 0.429. The highest BCUT2D eigenvalue weighted by Gasteiger charge is 2.28. The number of aromatic nitrogens is 2. The van der Waals surface area contributed by atoms with E-state index in [4.69, 9.17) is 4.74 Å². The molecule has 3 rings (SSSR count). The van der Waals surface area contributed by atoms with Crippen LogP contribution >= 0.6 is 0 Å². The second-order valence-electron chi connectivity index (χ2n) is 7.43. The zero-order chi connectivity index (χ0) is 21.0. The van der Waals surface area contributed by atoms with E-state index in [1.807, 2.05) is 18.4 Å². The van der Waals surface area contributed by atoms with Gasteiger partial charge in [-0.15, -0.1) is 0 Å². The first-order chi connectivity index (χ1) is 13.9. The lowest BCUT2D eigenvalue weighted by atomic mass is 10.1. The van der Waals surface area contributed by atoms with E-state index in [2.05, 4.69) is 15.6 Å². The molecule has 2 amide bonds. The summed E-state index contributed by atoms with van der Waals surface area (Å²) in [4.78, 5) is 41.9. The Kier molecular flexibility index (Phi) is 6.31. The molecule has 154 valence electrons. The highest BCUT2D eigenvalue weighted by molar-refractivity contribution is 6.08. The Balaban J connectivity index is 1.90. The quantitative estimate of drug-likeness (QED) is 0.729. The lowest BCUT2D eigenvalue weighted by molar-refractivity contribution is 0.0601. The summed E-state index contributed by atoms with van der Waals surface area (Å²) in [5.74, 6) is -0.702. The molecule has 2 aromatic rings. The maximum absolute atomic E-state index is 13.0. The van der Waals surface area contributed by atoms with Gasteiger partial charge in [-0.25, -0.2) is 9.78 Å². The Morgan fingerprint density at radius 3 is 2.66 bits per heavy atom. The second-order valence-corrected chi connectivity index (χ2v) is 7.43. The van der Waals surface area contributed by atoms with Crippen molar-refractivity contribution in [2.45, 2.75) is 39.7 Å². The SMILES string of the molecule is COC(=O)c1ccccc1NC(=O)c1nc(C(=O)NCC(C)C)n2c1CCCC2. The minimum absolute atomic E-state index is 0.221. The van der Waals surface area contributed by atoms with Crippen LogP contribution in [-0.4, -0.2) is 41.0 Å². The average molecular weight is 398 g/mol. The fourth-order valence-electron chi connectivity index (χ4n) is 3.34. The van der Waals surface area contributed by atoms with Crippen LogP contribution < -0.4 is 10.6 Å². The van der Waals surface area contributed by atoms with Crippen molar-refractivity contribution in [3.63, 3.8) is 0 Å². The number of rotatable bonds is 6. The van der Waals surface area contributed by atoms with Crippen molar-refractivity contribution in [3.8, 4) is 0 Å². The Hall–Kier alpha value is -3.16. The van der Waals surface area contributed by atoms with Gasteiger partial charge in [0.05, 0.1) is 24.1 Å². The van der Waals surface area contributed by atoms with E-state index >= 15 is 0 Å². The third kappa shape index (κ3) is 4.47. The van der Waals surface area contributed by atoms with Gasteiger partial charge in [0, 0.05) is 13.1 Å². The Morgan fingerprint density at radius 2 is 1.93 bits per heavy atom. The number of benzene rings is 1. The highest BCUT2D eigenvalue weighted by Crippen LogP contribution is 2.23. The first-order valence-corrected chi connectivity index (χ1v) is 9.78. The number of nitrogens with zero attached hydrogens (tertiary/aromatic N) is 2. The number of carbonyl (C=O) groups is 3. The molecule has 0 aliphatic carbocycles. The summed E-state index contributed by atoms with van der Waals surface area (Å²) in [6, 6.07) is 6.62. The lowest BCUT2D eigenvalue weighted by Gasteiger charge is -2.17. The molecule has 0 unspecified atom stereocenters. The number of fused-ring (bicyclic) bond motifs is 1. The minimum Gasteiger partial charge on any atom is -0.465 e. The van der Waals surface area contributed by atoms with Gasteiger partial charge >= 0.3 is 5.97 Å². The summed E-state index contributed by atoms with van der Waals surface area (Å²) >= 11 is 0. The zero-order valence-electron chi connectivity index (χ0n) is 16.9. The summed E-state index contributed by atoms with van der Waals surface area (Å²) in [5, 5.41) is 5.61. The normalized spacial score (nSPS) is 13.0. The third-order valence-corrected chi connectivity index (χ3v) is 4.79. The van der Waals surface area contributed by atoms with Crippen LogP contribution in [0.4, 0.5) is 5.69 Å². The summed E-state index contributed by atoms with van der Waals surface area (Å²) < 4.78 is 6.61. The maximum Gasteiger partial charge on any atom is 0.339 e. The molecular weight excluding hydrogens is 372 g/mol. The first-order valence-electron chi connectivity index (χ1n) is 9.78. The predicted molar refractivity (Wildman–Crippen MR) is 108 cm³/mol. The number of ether oxygens (including phenoxy) is 1. The molecule has 8 heteroatoms. The molecule has 1 aromatic heterocycles. The topological polar surface area (TPSA) is 102 Å². The van der Waals surface area contributed by atoms with Crippen molar-refractivity contribution in [2.75, 3.05) is 19.0 Å². The van der Waals surface area contributed by atoms with Gasteiger partial charge in [0.15, 0.2) is 11.5 Å². The molecule has 0 fully saturated rings. The predicted octanol–water partition coefficient (Wildman–Crippen LogP) is 2.64. The number of hydrogen-bond donors (Lipinski definition) is 2. The zero-order valence-corrected chi connectivity index (χ0v) is 16.9. The highest BCUT2D eigenvalue weighted by atomic mass is 16.5. The summed E-state index contributed by atoms with van der Waals surface area (Å²) in [6.45, 7) is 5.21. The Morgan fingerprint density at radius 1 is 1.17 bits per heavy atom. The van der Waals surface area contributed by atoms with E-state index in [1.165, 1.54) is 7.11 Å². The van der Waals surface area contributed by atoms with Gasteiger partial charge in [0.1, 0.15) is 0 Å². The van der Waals surface area contributed by atoms with Crippen molar-refractivity contribution in [3.05, 3.63) is 47.0 Å². The minimum atomic E-state index is -0.540. The van der Waals surface area contributed by atoms with Gasteiger partial charge in [-0.1, -0.05) is 26.0 Å².